The first-order valence-electron chi connectivity index (χ1n) is 8.07. The smallest absolute Gasteiger partial charge is 0.250 e. The van der Waals surface area contributed by atoms with Gasteiger partial charge in [0.25, 0.3) is 5.91 Å². The van der Waals surface area contributed by atoms with Crippen LogP contribution in [0.2, 0.25) is 0 Å². The minimum atomic E-state index is 0.0429. The Morgan fingerprint density at radius 3 is 2.42 bits per heavy atom. The van der Waals surface area contributed by atoms with E-state index < -0.39 is 0 Å². The Kier molecular flexibility index (Phi) is 5.12. The lowest BCUT2D eigenvalue weighted by Gasteiger charge is -2.15. The predicted molar refractivity (Wildman–Crippen MR) is 95.9 cm³/mol. The number of likely N-dealkylation sites (tertiary alicyclic amines) is 1. The van der Waals surface area contributed by atoms with Gasteiger partial charge in [0.15, 0.2) is 0 Å². The normalized spacial score (nSPS) is 19.4. The van der Waals surface area contributed by atoms with E-state index in [2.05, 4.69) is 0 Å². The van der Waals surface area contributed by atoms with Crippen molar-refractivity contribution in [1.29, 1.82) is 0 Å². The summed E-state index contributed by atoms with van der Waals surface area (Å²) in [5.74, 6) is 0.134. The fourth-order valence-electron chi connectivity index (χ4n) is 2.94. The molecule has 2 aromatic carbocycles. The highest BCUT2D eigenvalue weighted by molar-refractivity contribution is 6.01. The number of amides is 1. The molecule has 3 heteroatoms. The molecule has 0 spiro atoms. The van der Waals surface area contributed by atoms with Crippen LogP contribution in [0.25, 0.3) is 6.08 Å². The molecule has 1 aliphatic heterocycles. The largest absolute Gasteiger partial charge is 0.505 e. The van der Waals surface area contributed by atoms with E-state index in [0.29, 0.717) is 13.1 Å². The Labute approximate surface area is 142 Å². The minimum Gasteiger partial charge on any atom is -0.505 e. The van der Waals surface area contributed by atoms with Crippen LogP contribution in [0.4, 0.5) is 0 Å². The Morgan fingerprint density at radius 2 is 1.75 bits per heavy atom. The van der Waals surface area contributed by atoms with Gasteiger partial charge in [-0.15, -0.1) is 0 Å². The zero-order valence-electron chi connectivity index (χ0n) is 13.8. The lowest BCUT2D eigenvalue weighted by molar-refractivity contribution is -0.125. The van der Waals surface area contributed by atoms with E-state index in [0.717, 1.165) is 16.7 Å². The summed E-state index contributed by atoms with van der Waals surface area (Å²) < 4.78 is 5.05. The number of benzene rings is 2. The van der Waals surface area contributed by atoms with Crippen LogP contribution >= 0.6 is 0 Å². The van der Waals surface area contributed by atoms with Gasteiger partial charge in [0.1, 0.15) is 0 Å². The Bertz CT molecular complexity index is 735. The molecule has 1 aliphatic rings. The third kappa shape index (κ3) is 3.74. The average Bonchev–Trinajstić information content (AvgIpc) is 2.91. The van der Waals surface area contributed by atoms with Crippen LogP contribution in [-0.4, -0.2) is 24.5 Å². The average molecular weight is 319 g/mol. The summed E-state index contributed by atoms with van der Waals surface area (Å²) in [7, 11) is 1.62. The van der Waals surface area contributed by atoms with Crippen LogP contribution in [-0.2, 0) is 16.1 Å². The van der Waals surface area contributed by atoms with Gasteiger partial charge in [0, 0.05) is 24.6 Å². The number of rotatable bonds is 5. The molecule has 1 amide bonds. The third-order valence-electron chi connectivity index (χ3n) is 4.14. The summed E-state index contributed by atoms with van der Waals surface area (Å²) in [6.45, 7) is 1.30. The molecule has 0 radical (unpaired) electrons. The summed E-state index contributed by atoms with van der Waals surface area (Å²) in [5, 5.41) is 0. The van der Waals surface area contributed by atoms with Crippen LogP contribution in [0, 0.1) is 5.92 Å². The maximum atomic E-state index is 12.9. The number of hydrogen-bond acceptors (Lipinski definition) is 2. The number of carbonyl (C=O) groups is 1. The van der Waals surface area contributed by atoms with Gasteiger partial charge in [-0.1, -0.05) is 60.7 Å². The van der Waals surface area contributed by atoms with Gasteiger partial charge in [0.2, 0.25) is 0 Å². The van der Waals surface area contributed by atoms with Crippen molar-refractivity contribution >= 4 is 12.0 Å². The van der Waals surface area contributed by atoms with E-state index in [-0.39, 0.29) is 11.8 Å². The summed E-state index contributed by atoms with van der Waals surface area (Å²) in [5.41, 5.74) is 2.99. The first-order valence-corrected chi connectivity index (χ1v) is 8.07. The fraction of sp³-hybridized carbons (Fsp3) is 0.190. The van der Waals surface area contributed by atoms with E-state index in [1.54, 1.807) is 13.4 Å². The monoisotopic (exact) mass is 319 g/mol. The zero-order chi connectivity index (χ0) is 16.8. The molecule has 122 valence electrons. The first-order chi connectivity index (χ1) is 11.8. The second-order valence-corrected chi connectivity index (χ2v) is 5.85. The second-order valence-electron chi connectivity index (χ2n) is 5.85. The van der Waals surface area contributed by atoms with Crippen LogP contribution < -0.4 is 0 Å². The maximum absolute atomic E-state index is 12.9. The highest BCUT2D eigenvalue weighted by Crippen LogP contribution is 2.28. The Balaban J connectivity index is 1.86. The van der Waals surface area contributed by atoms with Gasteiger partial charge in [0.05, 0.1) is 13.4 Å². The van der Waals surface area contributed by atoms with Crippen molar-refractivity contribution in [3.8, 4) is 0 Å². The molecule has 0 N–H and O–H groups in total. The highest BCUT2D eigenvalue weighted by Gasteiger charge is 2.33. The molecule has 0 unspecified atom stereocenters. The number of hydrogen-bond donors (Lipinski definition) is 0. The van der Waals surface area contributed by atoms with Crippen LogP contribution in [0.3, 0.4) is 0 Å². The van der Waals surface area contributed by atoms with Gasteiger partial charge >= 0.3 is 0 Å². The van der Waals surface area contributed by atoms with E-state index in [1.165, 1.54) is 0 Å². The topological polar surface area (TPSA) is 29.5 Å². The van der Waals surface area contributed by atoms with E-state index in [1.807, 2.05) is 77.7 Å². The molecule has 0 saturated carbocycles. The standard InChI is InChI=1S/C21H21NO2/c1-24-13-12-19-16-22(15-18-10-6-3-7-11-18)21(23)20(19)14-17-8-4-2-5-9-17/h2-14,19H,15-16H2,1H3/b13-12+,20-14-/t19-/m0/s1. The number of nitrogens with zero attached hydrogens (tertiary/aromatic N) is 1. The van der Waals surface area contributed by atoms with Crippen LogP contribution in [0.1, 0.15) is 11.1 Å². The molecule has 3 rings (SSSR count). The highest BCUT2D eigenvalue weighted by atomic mass is 16.5. The van der Waals surface area contributed by atoms with Crippen molar-refractivity contribution < 1.29 is 9.53 Å². The molecule has 0 aromatic heterocycles. The molecular formula is C21H21NO2. The van der Waals surface area contributed by atoms with E-state index in [4.69, 9.17) is 4.74 Å². The van der Waals surface area contributed by atoms with Crippen molar-refractivity contribution in [3.63, 3.8) is 0 Å². The molecule has 2 aromatic rings. The molecule has 0 aliphatic carbocycles. The van der Waals surface area contributed by atoms with Crippen molar-refractivity contribution in [2.45, 2.75) is 6.54 Å². The van der Waals surface area contributed by atoms with Gasteiger partial charge in [-0.2, -0.15) is 0 Å². The summed E-state index contributed by atoms with van der Waals surface area (Å²) in [6.07, 6.45) is 5.60. The number of carbonyl (C=O) groups excluding carboxylic acids is 1. The summed E-state index contributed by atoms with van der Waals surface area (Å²) in [4.78, 5) is 14.8. The predicted octanol–water partition coefficient (Wildman–Crippen LogP) is 3.89. The van der Waals surface area contributed by atoms with Crippen molar-refractivity contribution in [2.24, 2.45) is 5.92 Å². The molecule has 1 atom stereocenters. The molecule has 24 heavy (non-hydrogen) atoms. The fourth-order valence-corrected chi connectivity index (χ4v) is 2.94. The van der Waals surface area contributed by atoms with Gasteiger partial charge in [-0.05, 0) is 23.3 Å². The van der Waals surface area contributed by atoms with Crippen LogP contribution in [0.15, 0.2) is 78.6 Å². The van der Waals surface area contributed by atoms with Crippen molar-refractivity contribution in [1.82, 2.24) is 4.90 Å². The second kappa shape index (κ2) is 7.64. The molecule has 1 fully saturated rings. The Hall–Kier alpha value is -2.81. The van der Waals surface area contributed by atoms with E-state index in [9.17, 15) is 4.79 Å². The molecule has 0 bridgehead atoms. The minimum absolute atomic E-state index is 0.0429. The first kappa shape index (κ1) is 16.1. The van der Waals surface area contributed by atoms with Crippen molar-refractivity contribution in [2.75, 3.05) is 13.7 Å². The quantitative estimate of drug-likeness (QED) is 0.618. The van der Waals surface area contributed by atoms with E-state index >= 15 is 0 Å². The third-order valence-corrected chi connectivity index (χ3v) is 4.14. The zero-order valence-corrected chi connectivity index (χ0v) is 13.8. The Morgan fingerprint density at radius 1 is 1.08 bits per heavy atom. The van der Waals surface area contributed by atoms with Crippen molar-refractivity contribution in [3.05, 3.63) is 89.7 Å². The van der Waals surface area contributed by atoms with Crippen LogP contribution in [0.5, 0.6) is 0 Å². The van der Waals surface area contributed by atoms with Gasteiger partial charge in [-0.3, -0.25) is 4.79 Å². The SMILES string of the molecule is CO/C=C/[C@H]1CN(Cc2ccccc2)C(=O)/C1=C\c1ccccc1. The maximum Gasteiger partial charge on any atom is 0.250 e. The molecule has 1 saturated heterocycles. The summed E-state index contributed by atoms with van der Waals surface area (Å²) in [6, 6.07) is 20.0. The van der Waals surface area contributed by atoms with Gasteiger partial charge < -0.3 is 9.64 Å². The molecule has 3 nitrogen and oxygen atoms in total. The molecular weight excluding hydrogens is 298 g/mol. The lowest BCUT2D eigenvalue weighted by Crippen LogP contribution is -2.24. The number of methoxy groups -OCH3 is 1. The molecule has 1 heterocycles. The van der Waals surface area contributed by atoms with Gasteiger partial charge in [-0.25, -0.2) is 0 Å². The number of ether oxygens (including phenoxy) is 1. The lowest BCUT2D eigenvalue weighted by atomic mass is 10.00. The summed E-state index contributed by atoms with van der Waals surface area (Å²) >= 11 is 0.